The molecule has 5 heteroatoms. The molecule has 2 rings (SSSR count). The maximum Gasteiger partial charge on any atom is 0.103 e. The van der Waals surface area contributed by atoms with Crippen molar-refractivity contribution in [3.05, 3.63) is 41.1 Å². The van der Waals surface area contributed by atoms with Crippen molar-refractivity contribution in [3.63, 3.8) is 0 Å². The standard InChI is InChI=1S/C13H18ClN3O/c1-2-7-17-13(11(14)9-16-17)12(15)6-5-10-4-3-8-18-10/h3-4,8-9,12H,2,5-7,15H2,1H3. The SMILES string of the molecule is CCCn1ncc(Cl)c1C(N)CCc1ccco1. The molecule has 0 fully saturated rings. The van der Waals surface area contributed by atoms with Gasteiger partial charge in [0.2, 0.25) is 0 Å². The van der Waals surface area contributed by atoms with Crippen LogP contribution in [0.25, 0.3) is 0 Å². The highest BCUT2D eigenvalue weighted by atomic mass is 35.5. The Morgan fingerprint density at radius 3 is 3.06 bits per heavy atom. The molecule has 0 saturated carbocycles. The Bertz CT molecular complexity index is 478. The Morgan fingerprint density at radius 1 is 1.56 bits per heavy atom. The predicted molar refractivity (Wildman–Crippen MR) is 71.5 cm³/mol. The van der Waals surface area contributed by atoms with Gasteiger partial charge in [0, 0.05) is 19.0 Å². The van der Waals surface area contributed by atoms with Gasteiger partial charge in [-0.1, -0.05) is 18.5 Å². The van der Waals surface area contributed by atoms with Crippen molar-refractivity contribution >= 4 is 11.6 Å². The van der Waals surface area contributed by atoms with E-state index in [1.165, 1.54) is 0 Å². The number of aromatic nitrogens is 2. The van der Waals surface area contributed by atoms with Crippen LogP contribution in [-0.4, -0.2) is 9.78 Å². The minimum absolute atomic E-state index is 0.114. The molecule has 2 aromatic rings. The molecule has 2 heterocycles. The van der Waals surface area contributed by atoms with E-state index in [1.54, 1.807) is 12.5 Å². The normalized spacial score (nSPS) is 12.8. The fourth-order valence-corrected chi connectivity index (χ4v) is 2.30. The van der Waals surface area contributed by atoms with Crippen LogP contribution in [0.4, 0.5) is 0 Å². The first-order valence-corrected chi connectivity index (χ1v) is 6.59. The van der Waals surface area contributed by atoms with E-state index in [2.05, 4.69) is 12.0 Å². The molecule has 0 amide bonds. The summed E-state index contributed by atoms with van der Waals surface area (Å²) in [6.45, 7) is 2.95. The molecule has 0 aliphatic carbocycles. The summed E-state index contributed by atoms with van der Waals surface area (Å²) in [6.07, 6.45) is 5.95. The second-order valence-corrected chi connectivity index (χ2v) is 4.73. The maximum absolute atomic E-state index is 6.20. The van der Waals surface area contributed by atoms with Gasteiger partial charge in [-0.05, 0) is 25.0 Å². The van der Waals surface area contributed by atoms with Gasteiger partial charge in [0.1, 0.15) is 5.76 Å². The molecular formula is C13H18ClN3O. The number of rotatable bonds is 6. The van der Waals surface area contributed by atoms with Crippen LogP contribution in [0.15, 0.2) is 29.0 Å². The summed E-state index contributed by atoms with van der Waals surface area (Å²) < 4.78 is 7.20. The number of hydrogen-bond acceptors (Lipinski definition) is 3. The van der Waals surface area contributed by atoms with Gasteiger partial charge in [0.25, 0.3) is 0 Å². The average Bonchev–Trinajstić information content (AvgIpc) is 2.97. The Labute approximate surface area is 112 Å². The van der Waals surface area contributed by atoms with E-state index in [1.807, 2.05) is 16.8 Å². The molecule has 0 spiro atoms. The van der Waals surface area contributed by atoms with E-state index in [9.17, 15) is 0 Å². The summed E-state index contributed by atoms with van der Waals surface area (Å²) in [4.78, 5) is 0. The molecule has 0 saturated heterocycles. The molecule has 0 radical (unpaired) electrons. The molecule has 2 aromatic heterocycles. The van der Waals surface area contributed by atoms with Gasteiger partial charge in [0.05, 0.1) is 23.2 Å². The van der Waals surface area contributed by atoms with Crippen molar-refractivity contribution < 1.29 is 4.42 Å². The van der Waals surface area contributed by atoms with Crippen molar-refractivity contribution in [2.24, 2.45) is 5.73 Å². The largest absolute Gasteiger partial charge is 0.469 e. The molecule has 0 bridgehead atoms. The van der Waals surface area contributed by atoms with E-state index < -0.39 is 0 Å². The van der Waals surface area contributed by atoms with Crippen molar-refractivity contribution in [1.82, 2.24) is 9.78 Å². The molecule has 98 valence electrons. The van der Waals surface area contributed by atoms with Crippen molar-refractivity contribution in [2.45, 2.75) is 38.8 Å². The third kappa shape index (κ3) is 2.94. The Morgan fingerprint density at radius 2 is 2.39 bits per heavy atom. The molecule has 1 atom stereocenters. The Kier molecular flexibility index (Phi) is 4.44. The van der Waals surface area contributed by atoms with Crippen molar-refractivity contribution in [3.8, 4) is 0 Å². The molecule has 1 unspecified atom stereocenters. The van der Waals surface area contributed by atoms with Crippen LogP contribution in [-0.2, 0) is 13.0 Å². The summed E-state index contributed by atoms with van der Waals surface area (Å²) in [5, 5.41) is 4.90. The van der Waals surface area contributed by atoms with E-state index in [0.717, 1.165) is 37.3 Å². The van der Waals surface area contributed by atoms with Gasteiger partial charge in [-0.25, -0.2) is 0 Å². The second-order valence-electron chi connectivity index (χ2n) is 4.33. The van der Waals surface area contributed by atoms with E-state index in [-0.39, 0.29) is 6.04 Å². The van der Waals surface area contributed by atoms with E-state index in [4.69, 9.17) is 21.8 Å². The van der Waals surface area contributed by atoms with Gasteiger partial charge in [-0.15, -0.1) is 0 Å². The van der Waals surface area contributed by atoms with Crippen LogP contribution in [0.1, 0.15) is 37.3 Å². The number of aryl methyl sites for hydroxylation is 2. The highest BCUT2D eigenvalue weighted by molar-refractivity contribution is 6.31. The lowest BCUT2D eigenvalue weighted by atomic mass is 10.1. The fraction of sp³-hybridized carbons (Fsp3) is 0.462. The van der Waals surface area contributed by atoms with Crippen LogP contribution in [0.3, 0.4) is 0 Å². The first-order valence-electron chi connectivity index (χ1n) is 6.21. The van der Waals surface area contributed by atoms with Crippen LogP contribution >= 0.6 is 11.6 Å². The van der Waals surface area contributed by atoms with Crippen LogP contribution < -0.4 is 5.73 Å². The number of nitrogens with zero attached hydrogens (tertiary/aromatic N) is 2. The summed E-state index contributed by atoms with van der Waals surface area (Å²) in [5.41, 5.74) is 7.12. The lowest BCUT2D eigenvalue weighted by molar-refractivity contribution is 0.473. The zero-order valence-corrected chi connectivity index (χ0v) is 11.2. The molecular weight excluding hydrogens is 250 g/mol. The predicted octanol–water partition coefficient (Wildman–Crippen LogP) is 3.17. The minimum atomic E-state index is -0.114. The summed E-state index contributed by atoms with van der Waals surface area (Å²) in [5.74, 6) is 0.947. The third-order valence-electron chi connectivity index (χ3n) is 2.90. The van der Waals surface area contributed by atoms with Gasteiger partial charge in [0.15, 0.2) is 0 Å². The molecule has 4 nitrogen and oxygen atoms in total. The number of halogens is 1. The van der Waals surface area contributed by atoms with E-state index >= 15 is 0 Å². The topological polar surface area (TPSA) is 57.0 Å². The monoisotopic (exact) mass is 267 g/mol. The number of nitrogens with two attached hydrogens (primary N) is 1. The van der Waals surface area contributed by atoms with Gasteiger partial charge < -0.3 is 10.2 Å². The van der Waals surface area contributed by atoms with Crippen LogP contribution in [0, 0.1) is 0 Å². The molecule has 0 aliphatic rings. The lowest BCUT2D eigenvalue weighted by Gasteiger charge is -2.14. The quantitative estimate of drug-likeness (QED) is 0.875. The summed E-state index contributed by atoms with van der Waals surface area (Å²) >= 11 is 6.15. The molecule has 0 aliphatic heterocycles. The molecule has 2 N–H and O–H groups in total. The van der Waals surface area contributed by atoms with Crippen molar-refractivity contribution in [1.29, 1.82) is 0 Å². The number of furan rings is 1. The first kappa shape index (κ1) is 13.2. The van der Waals surface area contributed by atoms with Crippen LogP contribution in [0.2, 0.25) is 5.02 Å². The molecule has 18 heavy (non-hydrogen) atoms. The third-order valence-corrected chi connectivity index (χ3v) is 3.19. The highest BCUT2D eigenvalue weighted by Crippen LogP contribution is 2.24. The summed E-state index contributed by atoms with van der Waals surface area (Å²) in [7, 11) is 0. The highest BCUT2D eigenvalue weighted by Gasteiger charge is 2.16. The van der Waals surface area contributed by atoms with Crippen molar-refractivity contribution in [2.75, 3.05) is 0 Å². The smallest absolute Gasteiger partial charge is 0.103 e. The Balaban J connectivity index is 2.03. The lowest BCUT2D eigenvalue weighted by Crippen LogP contribution is -2.17. The zero-order valence-electron chi connectivity index (χ0n) is 10.5. The van der Waals surface area contributed by atoms with E-state index in [0.29, 0.717) is 5.02 Å². The molecule has 0 aromatic carbocycles. The zero-order chi connectivity index (χ0) is 13.0. The Hall–Kier alpha value is -1.26. The maximum atomic E-state index is 6.20. The minimum Gasteiger partial charge on any atom is -0.469 e. The van der Waals surface area contributed by atoms with Crippen LogP contribution in [0.5, 0.6) is 0 Å². The van der Waals surface area contributed by atoms with Gasteiger partial charge >= 0.3 is 0 Å². The number of hydrogen-bond donors (Lipinski definition) is 1. The average molecular weight is 268 g/mol. The second kappa shape index (κ2) is 6.07. The summed E-state index contributed by atoms with van der Waals surface area (Å²) in [6, 6.07) is 3.73. The van der Waals surface area contributed by atoms with Gasteiger partial charge in [-0.3, -0.25) is 4.68 Å². The first-order chi connectivity index (χ1) is 8.72. The fourth-order valence-electron chi connectivity index (χ4n) is 2.02. The van der Waals surface area contributed by atoms with Gasteiger partial charge in [-0.2, -0.15) is 5.10 Å².